The number of hydrogen-bond acceptors (Lipinski definition) is 7. The molecule has 0 fully saturated rings. The summed E-state index contributed by atoms with van der Waals surface area (Å²) >= 11 is 5.76. The molecule has 0 bridgehead atoms. The summed E-state index contributed by atoms with van der Waals surface area (Å²) in [7, 11) is 1.54. The molecular formula is C10H17ClN4O3. The molecule has 18 heavy (non-hydrogen) atoms. The van der Waals surface area contributed by atoms with Gasteiger partial charge in [0.15, 0.2) is 0 Å². The van der Waals surface area contributed by atoms with Gasteiger partial charge < -0.3 is 19.9 Å². The second kappa shape index (κ2) is 8.02. The highest BCUT2D eigenvalue weighted by molar-refractivity contribution is 6.28. The van der Waals surface area contributed by atoms with Crippen LogP contribution in [0.1, 0.15) is 13.3 Å². The average Bonchev–Trinajstić information content (AvgIpc) is 2.35. The molecule has 8 heteroatoms. The number of hydrogen-bond donors (Lipinski definition) is 2. The van der Waals surface area contributed by atoms with Gasteiger partial charge in [0.05, 0.1) is 25.9 Å². The van der Waals surface area contributed by atoms with Crippen molar-refractivity contribution < 1.29 is 14.6 Å². The minimum Gasteiger partial charge on any atom is -0.463 e. The van der Waals surface area contributed by atoms with E-state index in [1.807, 2.05) is 6.92 Å². The second-order valence-corrected chi connectivity index (χ2v) is 3.88. The van der Waals surface area contributed by atoms with Crippen LogP contribution in [0.15, 0.2) is 0 Å². The van der Waals surface area contributed by atoms with E-state index in [1.54, 1.807) is 7.11 Å². The summed E-state index contributed by atoms with van der Waals surface area (Å²) in [6, 6.07) is -0.152. The number of nitrogens with one attached hydrogen (secondary N) is 1. The van der Waals surface area contributed by atoms with Gasteiger partial charge in [-0.15, -0.1) is 0 Å². The van der Waals surface area contributed by atoms with Crippen LogP contribution in [-0.4, -0.2) is 53.0 Å². The van der Waals surface area contributed by atoms with Gasteiger partial charge in [-0.2, -0.15) is 15.0 Å². The number of aliphatic hydroxyl groups is 1. The Morgan fingerprint density at radius 3 is 2.78 bits per heavy atom. The highest BCUT2D eigenvalue weighted by Gasteiger charge is 2.11. The summed E-state index contributed by atoms with van der Waals surface area (Å²) in [4.78, 5) is 11.8. The lowest BCUT2D eigenvalue weighted by Crippen LogP contribution is -2.29. The largest absolute Gasteiger partial charge is 0.463 e. The van der Waals surface area contributed by atoms with Crippen molar-refractivity contribution in [1.29, 1.82) is 0 Å². The van der Waals surface area contributed by atoms with Gasteiger partial charge in [-0.25, -0.2) is 0 Å². The molecule has 2 N–H and O–H groups in total. The fourth-order valence-electron chi connectivity index (χ4n) is 1.18. The molecule has 7 nitrogen and oxygen atoms in total. The molecule has 1 aromatic heterocycles. The van der Waals surface area contributed by atoms with Crippen molar-refractivity contribution in [2.45, 2.75) is 19.4 Å². The van der Waals surface area contributed by atoms with Crippen molar-refractivity contribution in [3.8, 4) is 6.01 Å². The Hall–Kier alpha value is -1.18. The first-order chi connectivity index (χ1) is 8.69. The van der Waals surface area contributed by atoms with Crippen LogP contribution in [0.5, 0.6) is 6.01 Å². The molecular weight excluding hydrogens is 260 g/mol. The third kappa shape index (κ3) is 4.99. The van der Waals surface area contributed by atoms with Crippen molar-refractivity contribution in [2.75, 3.05) is 32.2 Å². The van der Waals surface area contributed by atoms with Crippen LogP contribution in [-0.2, 0) is 4.74 Å². The maximum Gasteiger partial charge on any atom is 0.322 e. The summed E-state index contributed by atoms with van der Waals surface area (Å²) in [6.07, 6.45) is 0.842. The molecule has 0 spiro atoms. The fraction of sp³-hybridized carbons (Fsp3) is 0.700. The Bertz CT molecular complexity index is 367. The maximum atomic E-state index is 9.12. The standard InChI is InChI=1S/C10H17ClN4O3/c1-3-4-18-10-14-8(11)13-9(15-10)12-7(5-16)6-17-2/h7,16H,3-6H2,1-2H3,(H,12,13,14,15). The van der Waals surface area contributed by atoms with Gasteiger partial charge >= 0.3 is 6.01 Å². The van der Waals surface area contributed by atoms with E-state index in [2.05, 4.69) is 20.3 Å². The van der Waals surface area contributed by atoms with Crippen molar-refractivity contribution in [1.82, 2.24) is 15.0 Å². The normalized spacial score (nSPS) is 12.2. The minimum absolute atomic E-state index is 0.0349. The summed E-state index contributed by atoms with van der Waals surface area (Å²) < 4.78 is 10.2. The quantitative estimate of drug-likeness (QED) is 0.723. The van der Waals surface area contributed by atoms with Crippen LogP contribution in [0.25, 0.3) is 0 Å². The van der Waals surface area contributed by atoms with Crippen LogP contribution in [0, 0.1) is 0 Å². The average molecular weight is 277 g/mol. The fourth-order valence-corrected chi connectivity index (χ4v) is 1.33. The predicted octanol–water partition coefficient (Wildman–Crippen LogP) is 0.733. The number of rotatable bonds is 8. The number of ether oxygens (including phenoxy) is 2. The number of aromatic nitrogens is 3. The smallest absolute Gasteiger partial charge is 0.322 e. The second-order valence-electron chi connectivity index (χ2n) is 3.54. The lowest BCUT2D eigenvalue weighted by molar-refractivity contribution is 0.153. The lowest BCUT2D eigenvalue weighted by Gasteiger charge is -2.15. The number of halogens is 1. The van der Waals surface area contributed by atoms with Crippen LogP contribution >= 0.6 is 11.6 Å². The Morgan fingerprint density at radius 2 is 2.17 bits per heavy atom. The third-order valence-corrected chi connectivity index (χ3v) is 2.11. The van der Waals surface area contributed by atoms with E-state index in [4.69, 9.17) is 26.2 Å². The highest BCUT2D eigenvalue weighted by Crippen LogP contribution is 2.12. The first-order valence-electron chi connectivity index (χ1n) is 5.60. The van der Waals surface area contributed by atoms with Gasteiger partial charge in [0.2, 0.25) is 11.2 Å². The van der Waals surface area contributed by atoms with Crippen LogP contribution in [0.2, 0.25) is 5.28 Å². The van der Waals surface area contributed by atoms with E-state index in [1.165, 1.54) is 0 Å². The molecule has 0 radical (unpaired) electrons. The van der Waals surface area contributed by atoms with Gasteiger partial charge in [0, 0.05) is 7.11 Å². The van der Waals surface area contributed by atoms with E-state index in [9.17, 15) is 0 Å². The van der Waals surface area contributed by atoms with Crippen molar-refractivity contribution >= 4 is 17.5 Å². The molecule has 1 heterocycles. The Kier molecular flexibility index (Phi) is 6.63. The molecule has 1 rings (SSSR count). The maximum absolute atomic E-state index is 9.12. The van der Waals surface area contributed by atoms with E-state index in [0.29, 0.717) is 13.2 Å². The molecule has 1 unspecified atom stereocenters. The van der Waals surface area contributed by atoms with Crippen molar-refractivity contribution in [3.05, 3.63) is 5.28 Å². The molecule has 102 valence electrons. The number of aliphatic hydroxyl groups excluding tert-OH is 1. The van der Waals surface area contributed by atoms with Crippen LogP contribution < -0.4 is 10.1 Å². The van der Waals surface area contributed by atoms with Gasteiger partial charge in [0.25, 0.3) is 0 Å². The van der Waals surface area contributed by atoms with Gasteiger partial charge in [-0.05, 0) is 18.0 Å². The molecule has 0 amide bonds. The monoisotopic (exact) mass is 276 g/mol. The number of methoxy groups -OCH3 is 1. The molecule has 0 saturated carbocycles. The summed E-state index contributed by atoms with van der Waals surface area (Å²) in [5, 5.41) is 12.0. The zero-order valence-electron chi connectivity index (χ0n) is 10.4. The van der Waals surface area contributed by atoms with E-state index >= 15 is 0 Å². The Balaban J connectivity index is 2.71. The minimum atomic E-state index is -0.313. The molecule has 0 aromatic carbocycles. The lowest BCUT2D eigenvalue weighted by atomic mass is 10.3. The van der Waals surface area contributed by atoms with Gasteiger partial charge in [-0.1, -0.05) is 6.92 Å². The third-order valence-electron chi connectivity index (χ3n) is 1.94. The van der Waals surface area contributed by atoms with Crippen molar-refractivity contribution in [3.63, 3.8) is 0 Å². The Labute approximate surface area is 111 Å². The summed E-state index contributed by atoms with van der Waals surface area (Å²) in [5.74, 6) is 0.247. The SMILES string of the molecule is CCCOc1nc(Cl)nc(NC(CO)COC)n1. The van der Waals surface area contributed by atoms with E-state index in [0.717, 1.165) is 6.42 Å². The predicted molar refractivity (Wildman–Crippen MR) is 67.0 cm³/mol. The Morgan fingerprint density at radius 1 is 1.39 bits per heavy atom. The van der Waals surface area contributed by atoms with Gasteiger partial charge in [-0.3, -0.25) is 0 Å². The molecule has 0 aliphatic carbocycles. The van der Waals surface area contributed by atoms with E-state index < -0.39 is 0 Å². The molecule has 0 saturated heterocycles. The van der Waals surface area contributed by atoms with Crippen molar-refractivity contribution in [2.24, 2.45) is 0 Å². The number of anilines is 1. The van der Waals surface area contributed by atoms with Crippen LogP contribution in [0.3, 0.4) is 0 Å². The molecule has 1 aromatic rings. The van der Waals surface area contributed by atoms with Crippen LogP contribution in [0.4, 0.5) is 5.95 Å². The zero-order valence-corrected chi connectivity index (χ0v) is 11.1. The summed E-state index contributed by atoms with van der Waals surface area (Å²) in [5.41, 5.74) is 0. The topological polar surface area (TPSA) is 89.4 Å². The molecule has 1 atom stereocenters. The zero-order chi connectivity index (χ0) is 13.4. The van der Waals surface area contributed by atoms with E-state index in [-0.39, 0.29) is 29.9 Å². The van der Waals surface area contributed by atoms with Gasteiger partial charge in [0.1, 0.15) is 0 Å². The number of nitrogens with zero attached hydrogens (tertiary/aromatic N) is 3. The molecule has 0 aliphatic rings. The summed E-state index contributed by atoms with van der Waals surface area (Å²) in [6.45, 7) is 2.69. The first kappa shape index (κ1) is 14.9. The first-order valence-corrected chi connectivity index (χ1v) is 5.98. The molecule has 0 aliphatic heterocycles. The highest BCUT2D eigenvalue weighted by atomic mass is 35.5.